The summed E-state index contributed by atoms with van der Waals surface area (Å²) in [6.45, 7) is 4.88. The lowest BCUT2D eigenvalue weighted by Crippen LogP contribution is -2.10. The molecule has 1 aromatic heterocycles. The molecule has 0 fully saturated rings. The Hall–Kier alpha value is -1.16. The monoisotopic (exact) mass is 223 g/mol. The van der Waals surface area contributed by atoms with Gasteiger partial charge in [0, 0.05) is 31.8 Å². The fourth-order valence-electron chi connectivity index (χ4n) is 1.58. The van der Waals surface area contributed by atoms with Gasteiger partial charge in [0.25, 0.3) is 0 Å². The van der Waals surface area contributed by atoms with Crippen LogP contribution in [0, 0.1) is 0 Å². The minimum Gasteiger partial charge on any atom is -0.384 e. The Morgan fingerprint density at radius 3 is 2.75 bits per heavy atom. The highest BCUT2D eigenvalue weighted by Crippen LogP contribution is 2.15. The molecule has 4 heteroatoms. The third kappa shape index (κ3) is 3.45. The van der Waals surface area contributed by atoms with Gasteiger partial charge in [-0.3, -0.25) is 0 Å². The molecular formula is C12H21N3O. The Labute approximate surface area is 97.5 Å². The fourth-order valence-corrected chi connectivity index (χ4v) is 1.58. The number of anilines is 1. The van der Waals surface area contributed by atoms with Gasteiger partial charge in [0.1, 0.15) is 11.6 Å². The predicted octanol–water partition coefficient (Wildman–Crippen LogP) is 2.22. The van der Waals surface area contributed by atoms with Gasteiger partial charge < -0.3 is 10.1 Å². The maximum atomic E-state index is 5.13. The van der Waals surface area contributed by atoms with Crippen LogP contribution in [0.3, 0.4) is 0 Å². The molecule has 0 bridgehead atoms. The van der Waals surface area contributed by atoms with E-state index in [1.54, 1.807) is 7.11 Å². The first-order valence-electron chi connectivity index (χ1n) is 5.75. The molecule has 0 saturated heterocycles. The zero-order valence-electron chi connectivity index (χ0n) is 10.6. The highest BCUT2D eigenvalue weighted by atomic mass is 16.5. The maximum absolute atomic E-state index is 5.13. The van der Waals surface area contributed by atoms with Crippen LogP contribution in [0.4, 0.5) is 5.82 Å². The van der Waals surface area contributed by atoms with Gasteiger partial charge in [0.2, 0.25) is 0 Å². The molecule has 16 heavy (non-hydrogen) atoms. The molecule has 4 nitrogen and oxygen atoms in total. The van der Waals surface area contributed by atoms with Gasteiger partial charge >= 0.3 is 0 Å². The van der Waals surface area contributed by atoms with Gasteiger partial charge in [-0.05, 0) is 6.42 Å². The number of aromatic nitrogens is 2. The molecule has 0 radical (unpaired) electrons. The van der Waals surface area contributed by atoms with E-state index in [9.17, 15) is 0 Å². The summed E-state index contributed by atoms with van der Waals surface area (Å²) in [4.78, 5) is 9.01. The molecule has 0 aliphatic heterocycles. The van der Waals surface area contributed by atoms with Crippen LogP contribution < -0.4 is 5.32 Å². The topological polar surface area (TPSA) is 47.0 Å². The molecule has 1 rings (SSSR count). The van der Waals surface area contributed by atoms with Crippen LogP contribution in [0.1, 0.15) is 37.7 Å². The highest BCUT2D eigenvalue weighted by Gasteiger charge is 2.11. The lowest BCUT2D eigenvalue weighted by atomic mass is 10.1. The minimum absolute atomic E-state index is 0.230. The standard InChI is InChI=1S/C12H21N3O/c1-5-6-10-7-11(13-3)15-12(14-10)9(2)8-16-4/h7,9H,5-6,8H2,1-4H3,(H,13,14,15). The summed E-state index contributed by atoms with van der Waals surface area (Å²) < 4.78 is 5.13. The molecular weight excluding hydrogens is 202 g/mol. The SMILES string of the molecule is CCCc1cc(NC)nc(C(C)COC)n1. The van der Waals surface area contributed by atoms with Crippen molar-refractivity contribution < 1.29 is 4.74 Å². The van der Waals surface area contributed by atoms with Gasteiger partial charge in [-0.2, -0.15) is 0 Å². The van der Waals surface area contributed by atoms with Crippen molar-refractivity contribution in [2.45, 2.75) is 32.6 Å². The highest BCUT2D eigenvalue weighted by molar-refractivity contribution is 5.35. The smallest absolute Gasteiger partial charge is 0.136 e. The Bertz CT molecular complexity index is 328. The molecule has 0 spiro atoms. The average Bonchev–Trinajstić information content (AvgIpc) is 2.29. The number of nitrogens with one attached hydrogen (secondary N) is 1. The molecule has 1 N–H and O–H groups in total. The Morgan fingerprint density at radius 2 is 2.19 bits per heavy atom. The molecule has 1 unspecified atom stereocenters. The first kappa shape index (κ1) is 12.9. The van der Waals surface area contributed by atoms with E-state index in [0.717, 1.165) is 30.2 Å². The zero-order valence-corrected chi connectivity index (χ0v) is 10.6. The Morgan fingerprint density at radius 1 is 1.44 bits per heavy atom. The average molecular weight is 223 g/mol. The van der Waals surface area contributed by atoms with E-state index in [1.165, 1.54) is 0 Å². The molecule has 90 valence electrons. The number of hydrogen-bond acceptors (Lipinski definition) is 4. The molecule has 0 amide bonds. The number of nitrogens with zero attached hydrogens (tertiary/aromatic N) is 2. The minimum atomic E-state index is 0.230. The van der Waals surface area contributed by atoms with Crippen LogP contribution in [0.5, 0.6) is 0 Å². The van der Waals surface area contributed by atoms with Crippen molar-refractivity contribution >= 4 is 5.82 Å². The van der Waals surface area contributed by atoms with Gasteiger partial charge in [-0.15, -0.1) is 0 Å². The number of hydrogen-bond donors (Lipinski definition) is 1. The van der Waals surface area contributed by atoms with Crippen LogP contribution in [0.15, 0.2) is 6.07 Å². The van der Waals surface area contributed by atoms with Crippen molar-refractivity contribution in [3.63, 3.8) is 0 Å². The third-order valence-electron chi connectivity index (χ3n) is 2.42. The summed E-state index contributed by atoms with van der Waals surface area (Å²) in [6, 6.07) is 2.01. The largest absolute Gasteiger partial charge is 0.384 e. The molecule has 1 heterocycles. The van der Waals surface area contributed by atoms with Crippen LogP contribution in [-0.4, -0.2) is 30.7 Å². The van der Waals surface area contributed by atoms with E-state index in [4.69, 9.17) is 4.74 Å². The van der Waals surface area contributed by atoms with E-state index in [-0.39, 0.29) is 5.92 Å². The van der Waals surface area contributed by atoms with Crippen LogP contribution in [0.2, 0.25) is 0 Å². The van der Waals surface area contributed by atoms with Crippen molar-refractivity contribution in [3.8, 4) is 0 Å². The summed E-state index contributed by atoms with van der Waals surface area (Å²) in [5.74, 6) is 1.97. The molecule has 0 aromatic carbocycles. The second-order valence-electron chi connectivity index (χ2n) is 3.96. The summed E-state index contributed by atoms with van der Waals surface area (Å²) in [6.07, 6.45) is 2.09. The summed E-state index contributed by atoms with van der Waals surface area (Å²) in [5, 5.41) is 3.07. The lowest BCUT2D eigenvalue weighted by molar-refractivity contribution is 0.181. The van der Waals surface area contributed by atoms with E-state index < -0.39 is 0 Å². The Kier molecular flexibility index (Phi) is 5.19. The molecule has 1 aromatic rings. The molecule has 0 aliphatic carbocycles. The molecule has 0 aliphatic rings. The fraction of sp³-hybridized carbons (Fsp3) is 0.667. The van der Waals surface area contributed by atoms with Crippen LogP contribution >= 0.6 is 0 Å². The van der Waals surface area contributed by atoms with Crippen LogP contribution in [-0.2, 0) is 11.2 Å². The Balaban J connectivity index is 2.93. The summed E-state index contributed by atoms with van der Waals surface area (Å²) in [5.41, 5.74) is 1.10. The van der Waals surface area contributed by atoms with Gasteiger partial charge in [0.05, 0.1) is 6.61 Å². The van der Waals surface area contributed by atoms with Gasteiger partial charge in [0.15, 0.2) is 0 Å². The second-order valence-corrected chi connectivity index (χ2v) is 3.96. The van der Waals surface area contributed by atoms with Crippen molar-refractivity contribution in [1.82, 2.24) is 9.97 Å². The number of aryl methyl sites for hydroxylation is 1. The number of rotatable bonds is 6. The van der Waals surface area contributed by atoms with Crippen molar-refractivity contribution in [1.29, 1.82) is 0 Å². The maximum Gasteiger partial charge on any atom is 0.136 e. The summed E-state index contributed by atoms with van der Waals surface area (Å²) >= 11 is 0. The van der Waals surface area contributed by atoms with E-state index >= 15 is 0 Å². The van der Waals surface area contributed by atoms with Gasteiger partial charge in [-0.25, -0.2) is 9.97 Å². The number of methoxy groups -OCH3 is 1. The molecule has 0 saturated carbocycles. The first-order chi connectivity index (χ1) is 7.71. The lowest BCUT2D eigenvalue weighted by Gasteiger charge is -2.12. The van der Waals surface area contributed by atoms with Crippen LogP contribution in [0.25, 0.3) is 0 Å². The first-order valence-corrected chi connectivity index (χ1v) is 5.75. The summed E-state index contributed by atoms with van der Waals surface area (Å²) in [7, 11) is 3.58. The van der Waals surface area contributed by atoms with Crippen molar-refractivity contribution in [3.05, 3.63) is 17.6 Å². The zero-order chi connectivity index (χ0) is 12.0. The molecule has 1 atom stereocenters. The third-order valence-corrected chi connectivity index (χ3v) is 2.42. The normalized spacial score (nSPS) is 12.5. The van der Waals surface area contributed by atoms with Gasteiger partial charge in [-0.1, -0.05) is 20.3 Å². The van der Waals surface area contributed by atoms with E-state index in [0.29, 0.717) is 6.61 Å². The number of ether oxygens (including phenoxy) is 1. The predicted molar refractivity (Wildman–Crippen MR) is 65.9 cm³/mol. The van der Waals surface area contributed by atoms with Crippen molar-refractivity contribution in [2.24, 2.45) is 0 Å². The van der Waals surface area contributed by atoms with E-state index in [2.05, 4.69) is 29.1 Å². The van der Waals surface area contributed by atoms with E-state index in [1.807, 2.05) is 13.1 Å². The second kappa shape index (κ2) is 6.43. The van der Waals surface area contributed by atoms with Crippen molar-refractivity contribution in [2.75, 3.05) is 26.1 Å². The quantitative estimate of drug-likeness (QED) is 0.803.